The van der Waals surface area contributed by atoms with E-state index in [2.05, 4.69) is 10.3 Å². The van der Waals surface area contributed by atoms with Crippen LogP contribution in [0.1, 0.15) is 22.2 Å². The van der Waals surface area contributed by atoms with Gasteiger partial charge < -0.3 is 4.74 Å². The number of nitrogens with one attached hydrogen (secondary N) is 1. The summed E-state index contributed by atoms with van der Waals surface area (Å²) < 4.78 is 18.6. The van der Waals surface area contributed by atoms with E-state index in [9.17, 15) is 14.0 Å². The molecule has 0 bridgehead atoms. The fourth-order valence-corrected chi connectivity index (χ4v) is 3.39. The van der Waals surface area contributed by atoms with Crippen LogP contribution in [0.15, 0.2) is 54.6 Å². The zero-order chi connectivity index (χ0) is 20.1. The predicted octanol–water partition coefficient (Wildman–Crippen LogP) is 4.81. The van der Waals surface area contributed by atoms with E-state index in [1.807, 2.05) is 30.3 Å². The lowest BCUT2D eigenvalue weighted by Crippen LogP contribution is -2.07. The fourth-order valence-electron chi connectivity index (χ4n) is 2.51. The molecule has 0 aliphatic heterocycles. The van der Waals surface area contributed by atoms with Crippen molar-refractivity contribution >= 4 is 34.2 Å². The van der Waals surface area contributed by atoms with Crippen molar-refractivity contribution in [1.82, 2.24) is 4.98 Å². The molecule has 3 aromatic rings. The van der Waals surface area contributed by atoms with Crippen LogP contribution in [0.2, 0.25) is 0 Å². The maximum absolute atomic E-state index is 13.7. The number of hydrogen-bond donors (Lipinski definition) is 1. The molecule has 5 nitrogen and oxygen atoms in total. The minimum absolute atomic E-state index is 0.124. The smallest absolute Gasteiger partial charge is 0.250 e. The Morgan fingerprint density at radius 3 is 2.57 bits per heavy atom. The number of halogens is 1. The number of ketones is 1. The molecule has 0 fully saturated rings. The molecule has 1 amide bonds. The molecule has 7 heteroatoms. The van der Waals surface area contributed by atoms with Gasteiger partial charge in [-0.25, -0.2) is 9.37 Å². The number of carbonyl (C=O) groups is 2. The number of rotatable bonds is 6. The molecule has 0 radical (unpaired) electrons. The summed E-state index contributed by atoms with van der Waals surface area (Å²) in [5.74, 6) is -0.932. The number of hydrogen-bond acceptors (Lipinski definition) is 5. The Hall–Kier alpha value is -3.32. The second-order valence-electron chi connectivity index (χ2n) is 5.84. The number of ether oxygens (including phenoxy) is 1. The number of thiazole rings is 1. The molecular formula is C21H17FN2O3S. The summed E-state index contributed by atoms with van der Waals surface area (Å²) in [5.41, 5.74) is 1.85. The van der Waals surface area contributed by atoms with Gasteiger partial charge in [0.1, 0.15) is 0 Å². The molecule has 0 aliphatic carbocycles. The third-order valence-corrected chi connectivity index (χ3v) is 4.90. The SMILES string of the molecule is COc1ccc(/C=C/C(=O)Nc2nc(-c3ccccc3)c(C(C)=O)s2)cc1F. The highest BCUT2D eigenvalue weighted by molar-refractivity contribution is 7.18. The Kier molecular flexibility index (Phi) is 5.96. The number of anilines is 1. The zero-order valence-corrected chi connectivity index (χ0v) is 16.0. The third kappa shape index (κ3) is 4.50. The van der Waals surface area contributed by atoms with E-state index >= 15 is 0 Å². The van der Waals surface area contributed by atoms with Gasteiger partial charge in [0.05, 0.1) is 17.7 Å². The van der Waals surface area contributed by atoms with Crippen molar-refractivity contribution in [2.45, 2.75) is 6.92 Å². The van der Waals surface area contributed by atoms with Crippen LogP contribution in [0.4, 0.5) is 9.52 Å². The van der Waals surface area contributed by atoms with Gasteiger partial charge >= 0.3 is 0 Å². The van der Waals surface area contributed by atoms with E-state index in [-0.39, 0.29) is 11.5 Å². The minimum Gasteiger partial charge on any atom is -0.494 e. The van der Waals surface area contributed by atoms with Crippen LogP contribution >= 0.6 is 11.3 Å². The van der Waals surface area contributed by atoms with Crippen LogP contribution < -0.4 is 10.1 Å². The third-order valence-electron chi connectivity index (χ3n) is 3.83. The fraction of sp³-hybridized carbons (Fsp3) is 0.0952. The molecule has 0 saturated heterocycles. The van der Waals surface area contributed by atoms with Crippen LogP contribution in [0.5, 0.6) is 5.75 Å². The van der Waals surface area contributed by atoms with Crippen molar-refractivity contribution in [1.29, 1.82) is 0 Å². The Morgan fingerprint density at radius 1 is 1.18 bits per heavy atom. The summed E-state index contributed by atoms with van der Waals surface area (Å²) in [6.07, 6.45) is 2.76. The number of amides is 1. The van der Waals surface area contributed by atoms with E-state index in [4.69, 9.17) is 4.74 Å². The monoisotopic (exact) mass is 396 g/mol. The van der Waals surface area contributed by atoms with Gasteiger partial charge in [-0.15, -0.1) is 0 Å². The van der Waals surface area contributed by atoms with E-state index < -0.39 is 11.7 Å². The number of Topliss-reactive ketones (excluding diaryl/α,β-unsaturated/α-hetero) is 1. The van der Waals surface area contributed by atoms with E-state index in [1.54, 1.807) is 6.07 Å². The summed E-state index contributed by atoms with van der Waals surface area (Å²) in [4.78, 5) is 29.0. The standard InChI is InChI=1S/C21H17FN2O3S/c1-13(25)20-19(15-6-4-3-5-7-15)24-21(28-20)23-18(26)11-9-14-8-10-17(27-2)16(22)12-14/h3-12H,1-2H3,(H,23,24,26)/b11-9+. The van der Waals surface area contributed by atoms with Crippen LogP contribution in [-0.4, -0.2) is 23.8 Å². The normalized spacial score (nSPS) is 10.8. The van der Waals surface area contributed by atoms with E-state index in [1.165, 1.54) is 38.3 Å². The highest BCUT2D eigenvalue weighted by Crippen LogP contribution is 2.31. The van der Waals surface area contributed by atoms with Gasteiger partial charge in [-0.3, -0.25) is 14.9 Å². The summed E-state index contributed by atoms with van der Waals surface area (Å²) in [7, 11) is 1.38. The van der Waals surface area contributed by atoms with Crippen molar-refractivity contribution in [2.75, 3.05) is 12.4 Å². The first-order chi connectivity index (χ1) is 13.5. The van der Waals surface area contributed by atoms with Gasteiger partial charge in [0.15, 0.2) is 22.5 Å². The summed E-state index contributed by atoms with van der Waals surface area (Å²) in [5, 5.41) is 2.96. The number of methoxy groups -OCH3 is 1. The van der Waals surface area contributed by atoms with Gasteiger partial charge in [-0.2, -0.15) is 0 Å². The van der Waals surface area contributed by atoms with Crippen LogP contribution in [0.3, 0.4) is 0 Å². The molecule has 2 aromatic carbocycles. The number of nitrogens with zero attached hydrogens (tertiary/aromatic N) is 1. The van der Waals surface area contributed by atoms with Gasteiger partial charge in [0.25, 0.3) is 0 Å². The van der Waals surface area contributed by atoms with Crippen LogP contribution in [0, 0.1) is 5.82 Å². The Morgan fingerprint density at radius 2 is 1.93 bits per heavy atom. The summed E-state index contributed by atoms with van der Waals surface area (Å²) in [6.45, 7) is 1.46. The molecule has 1 N–H and O–H groups in total. The number of carbonyl (C=O) groups excluding carboxylic acids is 2. The highest BCUT2D eigenvalue weighted by atomic mass is 32.1. The van der Waals surface area contributed by atoms with Crippen molar-refractivity contribution in [3.05, 3.63) is 70.9 Å². The first kappa shape index (κ1) is 19.4. The first-order valence-corrected chi connectivity index (χ1v) is 9.19. The largest absolute Gasteiger partial charge is 0.494 e. The second kappa shape index (κ2) is 8.58. The molecule has 0 spiro atoms. The van der Waals surface area contributed by atoms with E-state index in [0.717, 1.165) is 16.9 Å². The van der Waals surface area contributed by atoms with Crippen molar-refractivity contribution in [3.8, 4) is 17.0 Å². The lowest BCUT2D eigenvalue weighted by Gasteiger charge is -2.02. The lowest BCUT2D eigenvalue weighted by atomic mass is 10.1. The van der Waals surface area contributed by atoms with Gasteiger partial charge in [0, 0.05) is 18.6 Å². The van der Waals surface area contributed by atoms with Gasteiger partial charge in [-0.1, -0.05) is 47.7 Å². The minimum atomic E-state index is -0.511. The maximum Gasteiger partial charge on any atom is 0.250 e. The van der Waals surface area contributed by atoms with E-state index in [0.29, 0.717) is 21.3 Å². The molecular weight excluding hydrogens is 379 g/mol. The topological polar surface area (TPSA) is 68.3 Å². The molecule has 0 aliphatic rings. The predicted molar refractivity (Wildman–Crippen MR) is 108 cm³/mol. The molecule has 3 rings (SSSR count). The zero-order valence-electron chi connectivity index (χ0n) is 15.2. The van der Waals surface area contributed by atoms with Crippen LogP contribution in [-0.2, 0) is 4.79 Å². The Bertz CT molecular complexity index is 1050. The molecule has 1 aromatic heterocycles. The summed E-state index contributed by atoms with van der Waals surface area (Å²) >= 11 is 1.12. The molecule has 28 heavy (non-hydrogen) atoms. The molecule has 0 atom stereocenters. The number of benzene rings is 2. The highest BCUT2D eigenvalue weighted by Gasteiger charge is 2.17. The lowest BCUT2D eigenvalue weighted by molar-refractivity contribution is -0.111. The molecule has 142 valence electrons. The average Bonchev–Trinajstić information content (AvgIpc) is 3.11. The molecule has 1 heterocycles. The first-order valence-electron chi connectivity index (χ1n) is 8.37. The number of aromatic nitrogens is 1. The van der Waals surface area contributed by atoms with Crippen molar-refractivity contribution < 1.29 is 18.7 Å². The van der Waals surface area contributed by atoms with Gasteiger partial charge in [-0.05, 0) is 23.8 Å². The molecule has 0 unspecified atom stereocenters. The Balaban J connectivity index is 1.77. The Labute approximate surface area is 165 Å². The average molecular weight is 396 g/mol. The van der Waals surface area contributed by atoms with Crippen LogP contribution in [0.25, 0.3) is 17.3 Å². The van der Waals surface area contributed by atoms with Crippen molar-refractivity contribution in [3.63, 3.8) is 0 Å². The second-order valence-corrected chi connectivity index (χ2v) is 6.83. The maximum atomic E-state index is 13.7. The van der Waals surface area contributed by atoms with Gasteiger partial charge in [0.2, 0.25) is 5.91 Å². The summed E-state index contributed by atoms with van der Waals surface area (Å²) in [6, 6.07) is 13.7. The quantitative estimate of drug-likeness (QED) is 0.479. The van der Waals surface area contributed by atoms with Crippen molar-refractivity contribution in [2.24, 2.45) is 0 Å². The molecule has 0 saturated carbocycles.